The van der Waals surface area contributed by atoms with Crippen molar-refractivity contribution in [1.82, 2.24) is 10.3 Å². The summed E-state index contributed by atoms with van der Waals surface area (Å²) >= 11 is 0. The number of alkyl halides is 3. The molecule has 7 nitrogen and oxygen atoms in total. The highest BCUT2D eigenvalue weighted by Crippen LogP contribution is 2.23. The van der Waals surface area contributed by atoms with Crippen molar-refractivity contribution in [2.45, 2.75) is 18.6 Å². The highest BCUT2D eigenvalue weighted by molar-refractivity contribution is 6.00. The lowest BCUT2D eigenvalue weighted by Gasteiger charge is -2.22. The molecule has 0 bridgehead atoms. The molecule has 2 aromatic rings. The second-order valence-corrected chi connectivity index (χ2v) is 5.82. The molecule has 0 aliphatic heterocycles. The molecule has 2 atom stereocenters. The number of carbonyl (C=O) groups is 1. The number of amides is 1. The van der Waals surface area contributed by atoms with Gasteiger partial charge in [-0.15, -0.1) is 0 Å². The molecular formula is C18H19F3N4O3. The average Bonchev–Trinajstić information content (AvgIpc) is 2.72. The number of hydrogen-bond donors (Lipinski definition) is 4. The summed E-state index contributed by atoms with van der Waals surface area (Å²) < 4.78 is 37.7. The largest absolute Gasteiger partial charge is 0.411 e. The van der Waals surface area contributed by atoms with Gasteiger partial charge in [0.1, 0.15) is 18.5 Å². The van der Waals surface area contributed by atoms with E-state index in [2.05, 4.69) is 10.1 Å². The van der Waals surface area contributed by atoms with Gasteiger partial charge in [0.2, 0.25) is 0 Å². The van der Waals surface area contributed by atoms with Gasteiger partial charge in [-0.1, -0.05) is 35.5 Å². The van der Waals surface area contributed by atoms with Crippen molar-refractivity contribution >= 4 is 11.6 Å². The normalized spacial score (nSPS) is 14.0. The van der Waals surface area contributed by atoms with E-state index in [0.29, 0.717) is 11.3 Å². The number of nitrogens with two attached hydrogens (primary N) is 1. The smallest absolute Gasteiger partial charge is 0.315 e. The van der Waals surface area contributed by atoms with Crippen LogP contribution in [0.15, 0.2) is 47.8 Å². The van der Waals surface area contributed by atoms with Crippen molar-refractivity contribution in [2.75, 3.05) is 13.2 Å². The molecule has 28 heavy (non-hydrogen) atoms. The maximum Gasteiger partial charge on any atom is 0.315 e. The van der Waals surface area contributed by atoms with Crippen LogP contribution in [-0.4, -0.2) is 52.6 Å². The Balaban J connectivity index is 2.15. The summed E-state index contributed by atoms with van der Waals surface area (Å²) in [6.45, 7) is -1.18. The molecule has 1 amide bonds. The van der Waals surface area contributed by atoms with Crippen LogP contribution < -0.4 is 11.1 Å². The minimum atomic E-state index is -3.30. The Morgan fingerprint density at radius 2 is 1.82 bits per heavy atom. The van der Waals surface area contributed by atoms with Crippen molar-refractivity contribution in [3.8, 4) is 11.1 Å². The van der Waals surface area contributed by atoms with Crippen molar-refractivity contribution < 1.29 is 28.3 Å². The van der Waals surface area contributed by atoms with Gasteiger partial charge in [0.15, 0.2) is 0 Å². The van der Waals surface area contributed by atoms with Crippen LogP contribution in [0.5, 0.6) is 0 Å². The van der Waals surface area contributed by atoms with Gasteiger partial charge in [0.25, 0.3) is 5.91 Å². The number of pyridine rings is 1. The third kappa shape index (κ3) is 5.05. The first-order chi connectivity index (χ1) is 13.4. The number of carbonyl (C=O) groups excluding carboxylic acids is 1. The third-order valence-electron chi connectivity index (χ3n) is 4.03. The lowest BCUT2D eigenvalue weighted by molar-refractivity contribution is -0.133. The van der Waals surface area contributed by atoms with Crippen LogP contribution >= 0.6 is 0 Å². The van der Waals surface area contributed by atoms with E-state index < -0.39 is 31.2 Å². The Kier molecular flexibility index (Phi) is 7.47. The molecule has 2 rings (SSSR count). The molecule has 0 fully saturated rings. The summed E-state index contributed by atoms with van der Waals surface area (Å²) in [5, 5.41) is 23.8. The first-order valence-corrected chi connectivity index (χ1v) is 8.21. The van der Waals surface area contributed by atoms with E-state index in [1.165, 1.54) is 18.3 Å². The molecule has 0 spiro atoms. The van der Waals surface area contributed by atoms with E-state index in [1.807, 2.05) is 0 Å². The van der Waals surface area contributed by atoms with Crippen LogP contribution in [0, 0.1) is 0 Å². The summed E-state index contributed by atoms with van der Waals surface area (Å²) in [5.41, 5.74) is 7.78. The maximum atomic E-state index is 13.1. The van der Waals surface area contributed by atoms with Gasteiger partial charge in [-0.25, -0.2) is 4.39 Å². The Labute approximate surface area is 158 Å². The van der Waals surface area contributed by atoms with Gasteiger partial charge in [0.05, 0.1) is 11.7 Å². The standard InChI is InChI=1S/C18H19F3N4O3/c19-7-14(24-18(27)17(20)21)16(26)11-3-1-10(2-4-11)12-5-6-13(23-9-12)15(8-22)25-28/h1-6,9,14,16-17,26,28H,7-8,22H2,(H,24,27)/t14-,16-/m1/s1. The van der Waals surface area contributed by atoms with E-state index in [9.17, 15) is 23.1 Å². The number of oxime groups is 1. The second kappa shape index (κ2) is 9.81. The lowest BCUT2D eigenvalue weighted by Crippen LogP contribution is -2.43. The van der Waals surface area contributed by atoms with Crippen LogP contribution in [0.2, 0.25) is 0 Å². The number of hydrogen-bond acceptors (Lipinski definition) is 6. The molecule has 0 saturated carbocycles. The van der Waals surface area contributed by atoms with Gasteiger partial charge in [-0.3, -0.25) is 9.78 Å². The number of halogens is 3. The number of aromatic nitrogens is 1. The first kappa shape index (κ1) is 21.3. The number of aliphatic hydroxyl groups excluding tert-OH is 1. The summed E-state index contributed by atoms with van der Waals surface area (Å²) in [4.78, 5) is 15.2. The minimum Gasteiger partial charge on any atom is -0.411 e. The zero-order valence-electron chi connectivity index (χ0n) is 14.6. The second-order valence-electron chi connectivity index (χ2n) is 5.82. The number of aliphatic hydroxyl groups is 1. The van der Waals surface area contributed by atoms with E-state index in [1.54, 1.807) is 29.6 Å². The molecule has 5 N–H and O–H groups in total. The van der Waals surface area contributed by atoms with Gasteiger partial charge in [0, 0.05) is 18.3 Å². The Hall–Kier alpha value is -2.98. The highest BCUT2D eigenvalue weighted by Gasteiger charge is 2.26. The van der Waals surface area contributed by atoms with E-state index in [-0.39, 0.29) is 17.8 Å². The molecular weight excluding hydrogens is 377 g/mol. The Morgan fingerprint density at radius 1 is 1.18 bits per heavy atom. The number of benzene rings is 1. The summed E-state index contributed by atoms with van der Waals surface area (Å²) in [6, 6.07) is 8.10. The quantitative estimate of drug-likeness (QED) is 0.307. The van der Waals surface area contributed by atoms with E-state index in [4.69, 9.17) is 10.9 Å². The van der Waals surface area contributed by atoms with Crippen LogP contribution in [0.4, 0.5) is 13.2 Å². The third-order valence-corrected chi connectivity index (χ3v) is 4.03. The van der Waals surface area contributed by atoms with Crippen molar-refractivity contribution in [3.63, 3.8) is 0 Å². The van der Waals surface area contributed by atoms with Gasteiger partial charge in [-0.05, 0) is 17.2 Å². The van der Waals surface area contributed by atoms with Crippen molar-refractivity contribution in [3.05, 3.63) is 53.9 Å². The monoisotopic (exact) mass is 396 g/mol. The van der Waals surface area contributed by atoms with Crippen molar-refractivity contribution in [2.24, 2.45) is 10.9 Å². The number of nitrogens with one attached hydrogen (secondary N) is 1. The van der Waals surface area contributed by atoms with Crippen LogP contribution in [-0.2, 0) is 4.79 Å². The first-order valence-electron chi connectivity index (χ1n) is 8.21. The predicted octanol–water partition coefficient (Wildman–Crippen LogP) is 1.64. The number of nitrogens with zero attached hydrogens (tertiary/aromatic N) is 2. The van der Waals surface area contributed by atoms with E-state index in [0.717, 1.165) is 5.56 Å². The molecule has 10 heteroatoms. The van der Waals surface area contributed by atoms with E-state index >= 15 is 0 Å². The van der Waals surface area contributed by atoms with Gasteiger partial charge >= 0.3 is 6.43 Å². The molecule has 1 aromatic heterocycles. The van der Waals surface area contributed by atoms with Crippen LogP contribution in [0.3, 0.4) is 0 Å². The molecule has 0 aliphatic carbocycles. The Morgan fingerprint density at radius 3 is 2.29 bits per heavy atom. The molecule has 0 saturated heterocycles. The molecule has 1 aromatic carbocycles. The molecule has 150 valence electrons. The fraction of sp³-hybridized carbons (Fsp3) is 0.278. The summed E-state index contributed by atoms with van der Waals surface area (Å²) in [5.74, 6) is -1.65. The van der Waals surface area contributed by atoms with Crippen LogP contribution in [0.1, 0.15) is 17.4 Å². The fourth-order valence-corrected chi connectivity index (χ4v) is 2.48. The summed E-state index contributed by atoms with van der Waals surface area (Å²) in [7, 11) is 0. The Bertz CT molecular complexity index is 814. The van der Waals surface area contributed by atoms with Crippen LogP contribution in [0.25, 0.3) is 11.1 Å². The topological polar surface area (TPSA) is 121 Å². The average molecular weight is 396 g/mol. The predicted molar refractivity (Wildman–Crippen MR) is 95.9 cm³/mol. The molecule has 0 unspecified atom stereocenters. The zero-order chi connectivity index (χ0) is 20.7. The molecule has 0 radical (unpaired) electrons. The highest BCUT2D eigenvalue weighted by atomic mass is 19.3. The fourth-order valence-electron chi connectivity index (χ4n) is 2.48. The van der Waals surface area contributed by atoms with Gasteiger partial charge < -0.3 is 21.4 Å². The lowest BCUT2D eigenvalue weighted by atomic mass is 9.99. The number of rotatable bonds is 8. The maximum absolute atomic E-state index is 13.1. The zero-order valence-corrected chi connectivity index (χ0v) is 14.6. The van der Waals surface area contributed by atoms with Gasteiger partial charge in [-0.2, -0.15) is 8.78 Å². The minimum absolute atomic E-state index is 0.0211. The molecule has 0 aliphatic rings. The molecule has 1 heterocycles. The summed E-state index contributed by atoms with van der Waals surface area (Å²) in [6.07, 6.45) is -3.25. The SMILES string of the molecule is NCC(=NO)c1ccc(-c2ccc([C@@H](O)[C@@H](CF)NC(=O)C(F)F)cc2)cn1. The van der Waals surface area contributed by atoms with Crippen molar-refractivity contribution in [1.29, 1.82) is 0 Å².